The molecule has 29 heavy (non-hydrogen) atoms. The van der Waals surface area contributed by atoms with Crippen molar-refractivity contribution in [2.75, 3.05) is 6.61 Å². The molecule has 0 aliphatic carbocycles. The van der Waals surface area contributed by atoms with Gasteiger partial charge in [0.15, 0.2) is 6.39 Å². The maximum atomic E-state index is 8.53. The molecule has 0 amide bonds. The lowest BCUT2D eigenvalue weighted by Crippen LogP contribution is -1.87. The van der Waals surface area contributed by atoms with Crippen molar-refractivity contribution in [1.29, 1.82) is 0 Å². The Balaban J connectivity index is 0.000000173. The highest BCUT2D eigenvalue weighted by atomic mass is 16.3. The zero-order valence-corrected chi connectivity index (χ0v) is 16.5. The molecule has 0 saturated carbocycles. The molecule has 0 saturated heterocycles. The van der Waals surface area contributed by atoms with E-state index in [1.807, 2.05) is 54.6 Å². The molecule has 0 unspecified atom stereocenters. The van der Waals surface area contributed by atoms with E-state index in [9.17, 15) is 0 Å². The van der Waals surface area contributed by atoms with Crippen LogP contribution in [0.1, 0.15) is 23.1 Å². The highest BCUT2D eigenvalue weighted by Crippen LogP contribution is 2.07. The molecular formula is C26H27NO2. The average Bonchev–Trinajstić information content (AvgIpc) is 3.39. The number of benzene rings is 3. The SMILES string of the molecule is C(=Cc1ccccc1)c1ccccc1.OCCCc1ccccc1.c1cocn1. The van der Waals surface area contributed by atoms with E-state index in [2.05, 4.69) is 58.0 Å². The molecule has 0 bridgehead atoms. The van der Waals surface area contributed by atoms with Gasteiger partial charge < -0.3 is 9.52 Å². The van der Waals surface area contributed by atoms with Crippen LogP contribution < -0.4 is 0 Å². The first-order valence-corrected chi connectivity index (χ1v) is 9.63. The van der Waals surface area contributed by atoms with Crippen molar-refractivity contribution in [3.05, 3.63) is 127 Å². The number of aliphatic hydroxyl groups excluding tert-OH is 1. The molecule has 3 nitrogen and oxygen atoms in total. The number of aromatic nitrogens is 1. The van der Waals surface area contributed by atoms with Crippen molar-refractivity contribution in [3.63, 3.8) is 0 Å². The van der Waals surface area contributed by atoms with Crippen LogP contribution in [0.2, 0.25) is 0 Å². The minimum Gasteiger partial charge on any atom is -0.452 e. The maximum Gasteiger partial charge on any atom is 0.180 e. The molecule has 0 spiro atoms. The number of hydrogen-bond donors (Lipinski definition) is 1. The third kappa shape index (κ3) is 10.5. The Morgan fingerprint density at radius 2 is 1.24 bits per heavy atom. The van der Waals surface area contributed by atoms with Crippen LogP contribution in [-0.2, 0) is 6.42 Å². The van der Waals surface area contributed by atoms with Crippen molar-refractivity contribution < 1.29 is 9.52 Å². The van der Waals surface area contributed by atoms with Crippen LogP contribution in [0.25, 0.3) is 12.2 Å². The highest BCUT2D eigenvalue weighted by molar-refractivity contribution is 5.69. The zero-order chi connectivity index (χ0) is 20.4. The van der Waals surface area contributed by atoms with Crippen LogP contribution in [0.15, 0.2) is 114 Å². The molecule has 1 heterocycles. The first kappa shape index (κ1) is 21.9. The minimum absolute atomic E-state index is 0.287. The van der Waals surface area contributed by atoms with E-state index in [0.717, 1.165) is 12.8 Å². The van der Waals surface area contributed by atoms with Gasteiger partial charge in [-0.15, -0.1) is 0 Å². The van der Waals surface area contributed by atoms with Crippen molar-refractivity contribution in [3.8, 4) is 0 Å². The quantitative estimate of drug-likeness (QED) is 0.420. The summed E-state index contributed by atoms with van der Waals surface area (Å²) in [5.41, 5.74) is 3.77. The molecule has 0 atom stereocenters. The van der Waals surface area contributed by atoms with Crippen LogP contribution in [0.3, 0.4) is 0 Å². The molecular weight excluding hydrogens is 358 g/mol. The second kappa shape index (κ2) is 14.6. The van der Waals surface area contributed by atoms with E-state index in [-0.39, 0.29) is 6.61 Å². The van der Waals surface area contributed by atoms with Crippen LogP contribution in [0.5, 0.6) is 0 Å². The fourth-order valence-corrected chi connectivity index (χ4v) is 2.42. The Morgan fingerprint density at radius 3 is 1.62 bits per heavy atom. The van der Waals surface area contributed by atoms with E-state index in [0.29, 0.717) is 0 Å². The second-order valence-electron chi connectivity index (χ2n) is 6.14. The second-order valence-corrected chi connectivity index (χ2v) is 6.14. The maximum absolute atomic E-state index is 8.53. The predicted molar refractivity (Wildman–Crippen MR) is 120 cm³/mol. The number of aryl methyl sites for hydroxylation is 1. The van der Waals surface area contributed by atoms with Crippen molar-refractivity contribution in [2.24, 2.45) is 0 Å². The smallest absolute Gasteiger partial charge is 0.180 e. The fraction of sp³-hybridized carbons (Fsp3) is 0.115. The number of rotatable bonds is 5. The van der Waals surface area contributed by atoms with Crippen LogP contribution >= 0.6 is 0 Å². The molecule has 1 aromatic heterocycles. The Hall–Kier alpha value is -3.43. The van der Waals surface area contributed by atoms with Gasteiger partial charge in [0.2, 0.25) is 0 Å². The lowest BCUT2D eigenvalue weighted by atomic mass is 10.1. The molecule has 148 valence electrons. The standard InChI is InChI=1S/C14H12.C9H12O.C3H3NO/c1-3-7-13(8-4-1)11-12-14-9-5-2-6-10-14;10-8-4-7-9-5-2-1-3-6-9;1-2-5-3-4-1/h1-12H;1-3,5-6,10H,4,7-8H2;1-3H. The van der Waals surface area contributed by atoms with Gasteiger partial charge in [0.1, 0.15) is 6.26 Å². The Kier molecular flexibility index (Phi) is 11.0. The fourth-order valence-electron chi connectivity index (χ4n) is 2.42. The first-order valence-electron chi connectivity index (χ1n) is 9.63. The molecule has 3 heteroatoms. The van der Waals surface area contributed by atoms with Gasteiger partial charge in [0, 0.05) is 6.61 Å². The molecule has 4 rings (SSSR count). The molecule has 3 aromatic carbocycles. The van der Waals surface area contributed by atoms with Gasteiger partial charge in [-0.1, -0.05) is 103 Å². The largest absolute Gasteiger partial charge is 0.452 e. The number of aliphatic hydroxyl groups is 1. The molecule has 0 radical (unpaired) electrons. The Bertz CT molecular complexity index is 815. The highest BCUT2D eigenvalue weighted by Gasteiger charge is 1.88. The zero-order valence-electron chi connectivity index (χ0n) is 16.5. The van der Waals surface area contributed by atoms with Crippen molar-refractivity contribution in [2.45, 2.75) is 12.8 Å². The number of nitrogens with zero attached hydrogens (tertiary/aromatic N) is 1. The summed E-state index contributed by atoms with van der Waals surface area (Å²) >= 11 is 0. The third-order valence-corrected chi connectivity index (χ3v) is 3.88. The number of hydrogen-bond acceptors (Lipinski definition) is 3. The van der Waals surface area contributed by atoms with Gasteiger partial charge in [-0.3, -0.25) is 0 Å². The third-order valence-electron chi connectivity index (χ3n) is 3.88. The monoisotopic (exact) mass is 385 g/mol. The molecule has 4 aromatic rings. The van der Waals surface area contributed by atoms with E-state index in [4.69, 9.17) is 5.11 Å². The molecule has 0 fully saturated rings. The van der Waals surface area contributed by atoms with Crippen molar-refractivity contribution >= 4 is 12.2 Å². The summed E-state index contributed by atoms with van der Waals surface area (Å²) in [6.45, 7) is 0.287. The van der Waals surface area contributed by atoms with Gasteiger partial charge in [-0.25, -0.2) is 4.98 Å². The summed E-state index contributed by atoms with van der Waals surface area (Å²) in [5, 5.41) is 8.53. The Labute approximate surface area is 173 Å². The van der Waals surface area contributed by atoms with E-state index < -0.39 is 0 Å². The van der Waals surface area contributed by atoms with Gasteiger partial charge in [-0.2, -0.15) is 0 Å². The minimum atomic E-state index is 0.287. The normalized spacial score (nSPS) is 9.83. The average molecular weight is 386 g/mol. The summed E-state index contributed by atoms with van der Waals surface area (Å²) in [5.74, 6) is 0. The van der Waals surface area contributed by atoms with Gasteiger partial charge >= 0.3 is 0 Å². The lowest BCUT2D eigenvalue weighted by molar-refractivity contribution is 0.288. The lowest BCUT2D eigenvalue weighted by Gasteiger charge is -1.96. The van der Waals surface area contributed by atoms with Crippen LogP contribution in [-0.4, -0.2) is 16.7 Å². The summed E-state index contributed by atoms with van der Waals surface area (Å²) < 4.78 is 4.47. The van der Waals surface area contributed by atoms with Gasteiger partial charge in [0.25, 0.3) is 0 Å². The van der Waals surface area contributed by atoms with Gasteiger partial charge in [0.05, 0.1) is 6.20 Å². The van der Waals surface area contributed by atoms with Crippen molar-refractivity contribution in [1.82, 2.24) is 4.98 Å². The molecule has 0 aliphatic heterocycles. The van der Waals surface area contributed by atoms with Gasteiger partial charge in [-0.05, 0) is 29.5 Å². The summed E-state index contributed by atoms with van der Waals surface area (Å²) in [4.78, 5) is 3.56. The molecule has 0 aliphatic rings. The first-order chi connectivity index (χ1) is 14.4. The van der Waals surface area contributed by atoms with Crippen LogP contribution in [0.4, 0.5) is 0 Å². The summed E-state index contributed by atoms with van der Waals surface area (Å²) in [7, 11) is 0. The Morgan fingerprint density at radius 1 is 0.724 bits per heavy atom. The predicted octanol–water partition coefficient (Wildman–Crippen LogP) is 6.14. The topological polar surface area (TPSA) is 46.3 Å². The van der Waals surface area contributed by atoms with E-state index in [1.54, 1.807) is 6.20 Å². The molecule has 1 N–H and O–H groups in total. The van der Waals surface area contributed by atoms with E-state index >= 15 is 0 Å². The van der Waals surface area contributed by atoms with Crippen LogP contribution in [0, 0.1) is 0 Å². The number of oxazole rings is 1. The summed E-state index contributed by atoms with van der Waals surface area (Å²) in [6.07, 6.45) is 10.6. The summed E-state index contributed by atoms with van der Waals surface area (Å²) in [6, 6.07) is 30.8. The van der Waals surface area contributed by atoms with E-state index in [1.165, 1.54) is 29.3 Å².